The third-order valence-electron chi connectivity index (χ3n) is 5.18. The lowest BCUT2D eigenvalue weighted by Crippen LogP contribution is -2.54. The van der Waals surface area contributed by atoms with Gasteiger partial charge in [0.1, 0.15) is 5.82 Å². The monoisotopic (exact) mass is 462 g/mol. The highest BCUT2D eigenvalue weighted by atomic mass is 35.5. The van der Waals surface area contributed by atoms with E-state index in [1.165, 1.54) is 17.4 Å². The standard InChI is InChI=1S/C21H20ClFN4OS2/c1-12-20(30-24)29-21(25-12)26(2)19(28)14-10-27(11-14)15-8-6-13(7-9-15)18-16(22)4-3-5-17(18)23/h3-9,14H,10-11,24H2,1-2H3. The first-order chi connectivity index (χ1) is 14.4. The molecule has 0 unspecified atom stereocenters. The second-order valence-electron chi connectivity index (χ2n) is 7.13. The zero-order chi connectivity index (χ0) is 21.4. The SMILES string of the molecule is Cc1nc(N(C)C(=O)C2CN(c3ccc(-c4c(F)cccc4Cl)cc3)C2)sc1SN. The van der Waals surface area contributed by atoms with Crippen molar-refractivity contribution in [1.29, 1.82) is 0 Å². The Balaban J connectivity index is 1.41. The van der Waals surface area contributed by atoms with Crippen LogP contribution in [0.5, 0.6) is 0 Å². The highest BCUT2D eigenvalue weighted by Crippen LogP contribution is 2.35. The van der Waals surface area contributed by atoms with Crippen LogP contribution in [0.15, 0.2) is 46.7 Å². The molecule has 0 bridgehead atoms. The van der Waals surface area contributed by atoms with E-state index >= 15 is 0 Å². The van der Waals surface area contributed by atoms with Crippen molar-refractivity contribution in [1.82, 2.24) is 4.98 Å². The number of rotatable bonds is 5. The molecule has 0 aliphatic carbocycles. The number of halogens is 2. The lowest BCUT2D eigenvalue weighted by molar-refractivity contribution is -0.122. The highest BCUT2D eigenvalue weighted by molar-refractivity contribution is 7.99. The van der Waals surface area contributed by atoms with Gasteiger partial charge >= 0.3 is 0 Å². The van der Waals surface area contributed by atoms with Crippen LogP contribution in [0.1, 0.15) is 5.69 Å². The number of anilines is 2. The number of amides is 1. The molecule has 0 spiro atoms. The molecule has 1 aliphatic rings. The van der Waals surface area contributed by atoms with Crippen molar-refractivity contribution < 1.29 is 9.18 Å². The third-order valence-corrected chi connectivity index (χ3v) is 7.57. The molecule has 2 N–H and O–H groups in total. The summed E-state index contributed by atoms with van der Waals surface area (Å²) in [5, 5.41) is 6.68. The molecule has 1 aromatic heterocycles. The summed E-state index contributed by atoms with van der Waals surface area (Å²) in [6.45, 7) is 3.15. The molecule has 0 radical (unpaired) electrons. The van der Waals surface area contributed by atoms with E-state index in [9.17, 15) is 9.18 Å². The number of hydrogen-bond acceptors (Lipinski definition) is 6. The fraction of sp³-hybridized carbons (Fsp3) is 0.238. The number of carbonyl (C=O) groups excluding carboxylic acids is 1. The van der Waals surface area contributed by atoms with E-state index < -0.39 is 0 Å². The lowest BCUT2D eigenvalue weighted by Gasteiger charge is -2.41. The zero-order valence-electron chi connectivity index (χ0n) is 16.4. The minimum absolute atomic E-state index is 0.0448. The zero-order valence-corrected chi connectivity index (χ0v) is 18.8. The lowest BCUT2D eigenvalue weighted by atomic mass is 9.97. The highest BCUT2D eigenvalue weighted by Gasteiger charge is 2.35. The third kappa shape index (κ3) is 3.92. The van der Waals surface area contributed by atoms with E-state index in [4.69, 9.17) is 16.7 Å². The van der Waals surface area contributed by atoms with Crippen LogP contribution in [-0.2, 0) is 4.79 Å². The van der Waals surface area contributed by atoms with Crippen LogP contribution in [0, 0.1) is 18.7 Å². The van der Waals surface area contributed by atoms with Gasteiger partial charge in [-0.2, -0.15) is 0 Å². The minimum Gasteiger partial charge on any atom is -0.370 e. The maximum absolute atomic E-state index is 14.1. The van der Waals surface area contributed by atoms with Gasteiger partial charge in [-0.25, -0.2) is 9.37 Å². The van der Waals surface area contributed by atoms with Gasteiger partial charge in [-0.1, -0.05) is 41.1 Å². The molecule has 0 atom stereocenters. The van der Waals surface area contributed by atoms with Gasteiger partial charge in [0, 0.05) is 31.4 Å². The Morgan fingerprint density at radius 2 is 2.00 bits per heavy atom. The van der Waals surface area contributed by atoms with Crippen molar-refractivity contribution in [2.24, 2.45) is 11.1 Å². The summed E-state index contributed by atoms with van der Waals surface area (Å²) in [7, 11) is 1.75. The Hall–Kier alpha value is -2.13. The molecule has 3 aromatic rings. The smallest absolute Gasteiger partial charge is 0.235 e. The molecule has 5 nitrogen and oxygen atoms in total. The number of benzene rings is 2. The first-order valence-electron chi connectivity index (χ1n) is 9.30. The summed E-state index contributed by atoms with van der Waals surface area (Å²) in [5.74, 6) is -0.390. The average Bonchev–Trinajstić information content (AvgIpc) is 3.08. The van der Waals surface area contributed by atoms with Crippen molar-refractivity contribution >= 4 is 51.6 Å². The number of carbonyl (C=O) groups is 1. The number of nitrogens with two attached hydrogens (primary N) is 1. The van der Waals surface area contributed by atoms with Gasteiger partial charge in [-0.05, 0) is 48.7 Å². The van der Waals surface area contributed by atoms with Crippen LogP contribution < -0.4 is 14.9 Å². The van der Waals surface area contributed by atoms with Gasteiger partial charge in [0.2, 0.25) is 5.91 Å². The molecule has 2 aromatic carbocycles. The van der Waals surface area contributed by atoms with Crippen molar-refractivity contribution in [3.63, 3.8) is 0 Å². The molecule has 9 heteroatoms. The van der Waals surface area contributed by atoms with Gasteiger partial charge < -0.3 is 4.90 Å². The molecular weight excluding hydrogens is 443 g/mol. The molecule has 1 aliphatic heterocycles. The number of thiazole rings is 1. The molecule has 1 amide bonds. The molecule has 156 valence electrons. The molecule has 0 saturated carbocycles. The number of hydrogen-bond donors (Lipinski definition) is 1. The maximum Gasteiger partial charge on any atom is 0.235 e. The number of aromatic nitrogens is 1. The normalized spacial score (nSPS) is 14.0. The van der Waals surface area contributed by atoms with Crippen molar-refractivity contribution in [2.45, 2.75) is 11.1 Å². The van der Waals surface area contributed by atoms with Crippen LogP contribution in [0.2, 0.25) is 5.02 Å². The molecule has 1 saturated heterocycles. The Morgan fingerprint density at radius 3 is 2.60 bits per heavy atom. The Morgan fingerprint density at radius 1 is 1.30 bits per heavy atom. The number of aryl methyl sites for hydroxylation is 1. The fourth-order valence-corrected chi connectivity index (χ4v) is 5.12. The predicted octanol–water partition coefficient (Wildman–Crippen LogP) is 4.98. The van der Waals surface area contributed by atoms with Gasteiger partial charge in [-0.3, -0.25) is 14.8 Å². The second-order valence-corrected chi connectivity index (χ2v) is 9.42. The van der Waals surface area contributed by atoms with Gasteiger partial charge in [0.15, 0.2) is 5.13 Å². The van der Waals surface area contributed by atoms with Crippen LogP contribution in [0.4, 0.5) is 15.2 Å². The van der Waals surface area contributed by atoms with E-state index in [0.29, 0.717) is 28.8 Å². The summed E-state index contributed by atoms with van der Waals surface area (Å²) < 4.78 is 15.0. The molecule has 4 rings (SSSR count). The first-order valence-corrected chi connectivity index (χ1v) is 11.4. The average molecular weight is 463 g/mol. The van der Waals surface area contributed by atoms with Crippen LogP contribution in [0.3, 0.4) is 0 Å². The van der Waals surface area contributed by atoms with Crippen LogP contribution >= 0.6 is 34.9 Å². The molecule has 2 heterocycles. The Bertz CT molecular complexity index is 1060. The van der Waals surface area contributed by atoms with E-state index in [1.54, 1.807) is 24.1 Å². The van der Waals surface area contributed by atoms with Crippen LogP contribution in [-0.4, -0.2) is 31.0 Å². The van der Waals surface area contributed by atoms with Crippen molar-refractivity contribution in [3.05, 3.63) is 59.0 Å². The minimum atomic E-state index is -0.346. The molecule has 1 fully saturated rings. The maximum atomic E-state index is 14.1. The quantitative estimate of drug-likeness (QED) is 0.542. The van der Waals surface area contributed by atoms with E-state index in [1.807, 2.05) is 31.2 Å². The van der Waals surface area contributed by atoms with Crippen molar-refractivity contribution in [3.8, 4) is 11.1 Å². The largest absolute Gasteiger partial charge is 0.370 e. The Kier molecular flexibility index (Phi) is 6.02. The molecule has 30 heavy (non-hydrogen) atoms. The predicted molar refractivity (Wildman–Crippen MR) is 123 cm³/mol. The van der Waals surface area contributed by atoms with Gasteiger partial charge in [-0.15, -0.1) is 0 Å². The summed E-state index contributed by atoms with van der Waals surface area (Å²) in [6, 6.07) is 12.2. The topological polar surface area (TPSA) is 62.5 Å². The summed E-state index contributed by atoms with van der Waals surface area (Å²) in [4.78, 5) is 21.0. The van der Waals surface area contributed by atoms with E-state index in [0.717, 1.165) is 33.1 Å². The molecular formula is C21H20ClFN4OS2. The van der Waals surface area contributed by atoms with E-state index in [2.05, 4.69) is 9.88 Å². The summed E-state index contributed by atoms with van der Waals surface area (Å²) in [5.41, 5.74) is 2.96. The summed E-state index contributed by atoms with van der Waals surface area (Å²) in [6.07, 6.45) is 0. The van der Waals surface area contributed by atoms with E-state index in [-0.39, 0.29) is 17.6 Å². The van der Waals surface area contributed by atoms with Crippen molar-refractivity contribution in [2.75, 3.05) is 29.9 Å². The van der Waals surface area contributed by atoms with Gasteiger partial charge in [0.05, 0.1) is 20.8 Å². The first kappa shape index (κ1) is 21.1. The fourth-order valence-electron chi connectivity index (χ4n) is 3.45. The second kappa shape index (κ2) is 8.55. The van der Waals surface area contributed by atoms with Gasteiger partial charge in [0.25, 0.3) is 0 Å². The number of nitrogens with zero attached hydrogens (tertiary/aromatic N) is 3. The summed E-state index contributed by atoms with van der Waals surface area (Å²) >= 11 is 8.73. The Labute approximate surface area is 187 Å². The van der Waals surface area contributed by atoms with Crippen LogP contribution in [0.25, 0.3) is 11.1 Å².